The predicted octanol–water partition coefficient (Wildman–Crippen LogP) is 14.6. The lowest BCUT2D eigenvalue weighted by molar-refractivity contribution is 1.30. The van der Waals surface area contributed by atoms with Gasteiger partial charge >= 0.3 is 0 Å². The Labute approximate surface area is 321 Å². The van der Waals surface area contributed by atoms with E-state index in [9.17, 15) is 2.74 Å². The molecule has 0 aromatic heterocycles. The Morgan fingerprint density at radius 1 is 0.321 bits per heavy atom. The summed E-state index contributed by atoms with van der Waals surface area (Å²) in [5, 5.41) is -0.0982. The molecule has 0 aliphatic carbocycles. The van der Waals surface area contributed by atoms with Crippen molar-refractivity contribution in [3.63, 3.8) is 0 Å². The fourth-order valence-electron chi connectivity index (χ4n) is 7.00. The number of hydrogen-bond acceptors (Lipinski definition) is 1. The average molecular weight is 683 g/mol. The number of fused-ring (bicyclic) bond motifs is 1. The fraction of sp³-hybridized carbons (Fsp3) is 0. The summed E-state index contributed by atoms with van der Waals surface area (Å²) < 4.78 is 62.6. The normalized spacial score (nSPS) is 12.9. The molecular formula is C52H37N. The molecule has 0 saturated carbocycles. The van der Waals surface area contributed by atoms with Gasteiger partial charge in [-0.15, -0.1) is 0 Å². The second-order valence-electron chi connectivity index (χ2n) is 12.8. The molecule has 0 aliphatic heterocycles. The van der Waals surface area contributed by atoms with Crippen LogP contribution in [0, 0.1) is 0 Å². The zero-order valence-electron chi connectivity index (χ0n) is 35.8. The molecule has 0 saturated heterocycles. The van der Waals surface area contributed by atoms with Gasteiger partial charge in [0.1, 0.15) is 0 Å². The molecule has 0 bridgehead atoms. The van der Waals surface area contributed by atoms with Crippen molar-refractivity contribution in [1.29, 1.82) is 0 Å². The topological polar surface area (TPSA) is 3.24 Å². The predicted molar refractivity (Wildman–Crippen MR) is 226 cm³/mol. The molecule has 0 fully saturated rings. The molecule has 250 valence electrons. The number of anilines is 3. The van der Waals surface area contributed by atoms with Gasteiger partial charge in [-0.1, -0.05) is 188 Å². The Bertz CT molecular complexity index is 3020. The largest absolute Gasteiger partial charge is 0.309 e. The van der Waals surface area contributed by atoms with E-state index in [4.69, 9.17) is 6.85 Å². The van der Waals surface area contributed by atoms with Crippen molar-refractivity contribution in [2.45, 2.75) is 0 Å². The maximum atomic E-state index is 9.46. The average Bonchev–Trinajstić information content (AvgIpc) is 3.31. The van der Waals surface area contributed by atoms with Gasteiger partial charge in [0.05, 0.1) is 21.0 Å². The highest BCUT2D eigenvalue weighted by molar-refractivity contribution is 6.01. The Morgan fingerprint density at radius 3 is 1.43 bits per heavy atom. The van der Waals surface area contributed by atoms with Gasteiger partial charge in [-0.2, -0.15) is 0 Å². The Morgan fingerprint density at radius 2 is 0.792 bits per heavy atom. The van der Waals surface area contributed by atoms with Crippen molar-refractivity contribution in [3.05, 3.63) is 224 Å². The Hall–Kier alpha value is -6.96. The quantitative estimate of drug-likeness (QED) is 0.154. The molecule has 0 heterocycles. The molecule has 9 aromatic rings. The molecule has 9 aromatic carbocycles. The van der Waals surface area contributed by atoms with Gasteiger partial charge in [-0.05, 0) is 91.8 Å². The van der Waals surface area contributed by atoms with Crippen molar-refractivity contribution in [3.8, 4) is 55.6 Å². The van der Waals surface area contributed by atoms with E-state index in [1.54, 1.807) is 0 Å². The number of rotatable bonds is 8. The van der Waals surface area contributed by atoms with Crippen LogP contribution in [0.1, 0.15) is 9.60 Å². The summed E-state index contributed by atoms with van der Waals surface area (Å²) >= 11 is 0. The first-order valence-corrected chi connectivity index (χ1v) is 17.6. The summed E-state index contributed by atoms with van der Waals surface area (Å²) in [4.78, 5) is 1.82. The zero-order chi connectivity index (χ0) is 41.5. The van der Waals surface area contributed by atoms with Crippen LogP contribution < -0.4 is 4.90 Å². The number of hydrogen-bond donors (Lipinski definition) is 0. The van der Waals surface area contributed by atoms with Crippen molar-refractivity contribution in [1.82, 2.24) is 0 Å². The van der Waals surface area contributed by atoms with Crippen LogP contribution in [-0.2, 0) is 0 Å². The van der Waals surface area contributed by atoms with E-state index in [1.807, 2.05) is 138 Å². The molecule has 0 unspecified atom stereocenters. The van der Waals surface area contributed by atoms with E-state index in [-0.39, 0.29) is 28.5 Å². The van der Waals surface area contributed by atoms with Crippen LogP contribution in [-0.4, -0.2) is 0 Å². The summed E-state index contributed by atoms with van der Waals surface area (Å²) in [6, 6.07) is 58.0. The molecular weight excluding hydrogens is 639 g/mol. The van der Waals surface area contributed by atoms with Crippen LogP contribution in [0.4, 0.5) is 17.1 Å². The van der Waals surface area contributed by atoms with E-state index in [1.165, 1.54) is 0 Å². The number of benzene rings is 9. The van der Waals surface area contributed by atoms with E-state index < -0.39 is 30.2 Å². The second kappa shape index (κ2) is 14.3. The van der Waals surface area contributed by atoms with E-state index in [0.717, 1.165) is 55.6 Å². The summed E-state index contributed by atoms with van der Waals surface area (Å²) in [5.74, 6) is 0. The van der Waals surface area contributed by atoms with Gasteiger partial charge in [0, 0.05) is 16.6 Å². The first-order chi connectivity index (χ1) is 29.2. The minimum atomic E-state index is -0.495. The Kier molecular flexibility index (Phi) is 6.78. The highest BCUT2D eigenvalue weighted by Crippen LogP contribution is 2.45. The van der Waals surface area contributed by atoms with Crippen molar-refractivity contribution >= 4 is 27.8 Å². The summed E-state index contributed by atoms with van der Waals surface area (Å²) in [6.45, 7) is 0. The second-order valence-corrected chi connectivity index (χ2v) is 12.8. The third-order valence-corrected chi connectivity index (χ3v) is 9.59. The van der Waals surface area contributed by atoms with E-state index >= 15 is 0 Å². The highest BCUT2D eigenvalue weighted by Gasteiger charge is 2.20. The van der Waals surface area contributed by atoms with E-state index in [0.29, 0.717) is 11.4 Å². The molecule has 9 rings (SSSR count). The molecule has 0 N–H and O–H groups in total. The van der Waals surface area contributed by atoms with Gasteiger partial charge in [0.2, 0.25) is 0 Å². The summed E-state index contributed by atoms with van der Waals surface area (Å²) in [7, 11) is 0. The Balaban J connectivity index is 1.29. The number of nitrogens with zero attached hydrogens (tertiary/aromatic N) is 1. The van der Waals surface area contributed by atoms with Crippen molar-refractivity contribution in [2.24, 2.45) is 0 Å². The van der Waals surface area contributed by atoms with Gasteiger partial charge in [-0.25, -0.2) is 0 Å². The van der Waals surface area contributed by atoms with Gasteiger partial charge < -0.3 is 4.90 Å². The lowest BCUT2D eigenvalue weighted by Crippen LogP contribution is -2.12. The third-order valence-electron chi connectivity index (χ3n) is 9.59. The van der Waals surface area contributed by atoms with Crippen molar-refractivity contribution in [2.75, 3.05) is 4.90 Å². The lowest BCUT2D eigenvalue weighted by Gasteiger charge is -2.29. The fourth-order valence-corrected chi connectivity index (χ4v) is 7.00. The van der Waals surface area contributed by atoms with Gasteiger partial charge in [0.25, 0.3) is 0 Å². The molecule has 1 nitrogen and oxygen atoms in total. The van der Waals surface area contributed by atoms with Gasteiger partial charge in [0.15, 0.2) is 0 Å². The van der Waals surface area contributed by atoms with Gasteiger partial charge in [-0.3, -0.25) is 0 Å². The molecule has 0 atom stereocenters. The summed E-state index contributed by atoms with van der Waals surface area (Å²) in [5.41, 5.74) is 11.3. The minimum Gasteiger partial charge on any atom is -0.309 e. The van der Waals surface area contributed by atoms with Crippen LogP contribution >= 0.6 is 0 Å². The van der Waals surface area contributed by atoms with Crippen LogP contribution in [0.2, 0.25) is 0 Å². The maximum Gasteiger partial charge on any atom is 0.0645 e. The highest BCUT2D eigenvalue weighted by atomic mass is 15.1. The van der Waals surface area contributed by atoms with Crippen molar-refractivity contribution < 1.29 is 9.60 Å². The standard InChI is InChI=1S/C52H37N/c1-5-16-38(17-6-1)45-31-35-52(50(37-45)43-22-11-4-12-23-43)53(51-27-15-25-41-24-13-14-26-48(41)51)46-32-28-39(29-33-46)44-30-34-47(40-18-7-2-8-19-40)49(36-44)42-20-9-3-10-21-42/h1-37H/i13D,14D,15D,24D,25D,26D,27D. The monoisotopic (exact) mass is 682 g/mol. The third kappa shape index (κ3) is 6.42. The smallest absolute Gasteiger partial charge is 0.0645 e. The first-order valence-electron chi connectivity index (χ1n) is 21.1. The first kappa shape index (κ1) is 25.1. The molecule has 0 amide bonds. The molecule has 0 radical (unpaired) electrons. The van der Waals surface area contributed by atoms with Crippen LogP contribution in [0.15, 0.2) is 224 Å². The zero-order valence-corrected chi connectivity index (χ0v) is 28.8. The molecule has 0 aliphatic rings. The molecule has 53 heavy (non-hydrogen) atoms. The van der Waals surface area contributed by atoms with Crippen LogP contribution in [0.25, 0.3) is 66.4 Å². The summed E-state index contributed by atoms with van der Waals surface area (Å²) in [6.07, 6.45) is 0. The van der Waals surface area contributed by atoms with Crippen LogP contribution in [0.3, 0.4) is 0 Å². The van der Waals surface area contributed by atoms with Crippen LogP contribution in [0.5, 0.6) is 0 Å². The SMILES string of the molecule is [2H]c1c([2H])c([2H])c2c(N(c3ccc(-c4ccc(-c5ccccc5)c(-c5ccccc5)c4)cc3)c3ccc(-c4ccccc4)cc3-c3ccccc3)c([2H])c([2H])c([2H])c2c1[2H]. The maximum absolute atomic E-state index is 9.46. The lowest BCUT2D eigenvalue weighted by atomic mass is 9.91. The minimum absolute atomic E-state index is 0.00577. The molecule has 1 heteroatoms. The van der Waals surface area contributed by atoms with E-state index in [2.05, 4.69) is 48.5 Å². The molecule has 0 spiro atoms.